The lowest BCUT2D eigenvalue weighted by atomic mass is 10.1. The summed E-state index contributed by atoms with van der Waals surface area (Å²) in [5.41, 5.74) is 5.52. The van der Waals surface area contributed by atoms with Crippen LogP contribution in [0.25, 0.3) is 20.2 Å². The molecule has 2 nitrogen and oxygen atoms in total. The summed E-state index contributed by atoms with van der Waals surface area (Å²) in [7, 11) is 0. The number of rotatable bonds is 5. The van der Waals surface area contributed by atoms with Crippen molar-refractivity contribution in [3.05, 3.63) is 127 Å². The number of nitrogens with zero attached hydrogens (tertiary/aromatic N) is 1. The quantitative estimate of drug-likeness (QED) is 0.286. The molecule has 1 N–H and O–H groups in total. The summed E-state index contributed by atoms with van der Waals surface area (Å²) in [6.45, 7) is 0. The largest absolute Gasteiger partial charge is 0.355 e. The topological polar surface area (TPSA) is 15.3 Å². The predicted molar refractivity (Wildman–Crippen MR) is 144 cm³/mol. The zero-order valence-corrected chi connectivity index (χ0v) is 18.8. The minimum absolute atomic E-state index is 1.06. The number of para-hydroxylation sites is 2. The standard InChI is InChI=1S/C30H22N2S/c1-3-11-24(12-4-1)32(25-13-5-2-6-14-25)26-15-9-10-22(20-26)31-23-18-19-30-28(21-23)27-16-7-8-17-29(27)33-30/h1-21,31H. The lowest BCUT2D eigenvalue weighted by Crippen LogP contribution is -2.09. The summed E-state index contributed by atoms with van der Waals surface area (Å²) in [4.78, 5) is 2.28. The minimum atomic E-state index is 1.06. The molecule has 33 heavy (non-hydrogen) atoms. The molecule has 158 valence electrons. The van der Waals surface area contributed by atoms with Crippen LogP contribution in [-0.2, 0) is 0 Å². The highest BCUT2D eigenvalue weighted by Crippen LogP contribution is 2.38. The Hall–Kier alpha value is -4.08. The molecule has 0 bridgehead atoms. The Labute approximate surface area is 197 Å². The van der Waals surface area contributed by atoms with E-state index in [-0.39, 0.29) is 0 Å². The van der Waals surface area contributed by atoms with Gasteiger partial charge in [-0.2, -0.15) is 0 Å². The predicted octanol–water partition coefficient (Wildman–Crippen LogP) is 9.27. The van der Waals surface area contributed by atoms with Crippen LogP contribution in [-0.4, -0.2) is 0 Å². The highest BCUT2D eigenvalue weighted by molar-refractivity contribution is 7.25. The molecular formula is C30H22N2S. The Morgan fingerprint density at radius 2 is 1.06 bits per heavy atom. The van der Waals surface area contributed by atoms with Crippen molar-refractivity contribution >= 4 is 59.9 Å². The Kier molecular flexibility index (Phi) is 5.02. The van der Waals surface area contributed by atoms with E-state index < -0.39 is 0 Å². The van der Waals surface area contributed by atoms with Crippen LogP contribution < -0.4 is 10.2 Å². The molecule has 0 amide bonds. The van der Waals surface area contributed by atoms with Crippen LogP contribution in [0.2, 0.25) is 0 Å². The first kappa shape index (κ1) is 19.6. The second-order valence-electron chi connectivity index (χ2n) is 7.99. The second kappa shape index (κ2) is 8.45. The summed E-state index contributed by atoms with van der Waals surface area (Å²) >= 11 is 1.84. The van der Waals surface area contributed by atoms with E-state index in [1.165, 1.54) is 20.2 Å². The molecule has 5 aromatic carbocycles. The maximum absolute atomic E-state index is 3.63. The van der Waals surface area contributed by atoms with Gasteiger partial charge >= 0.3 is 0 Å². The molecule has 1 aromatic heterocycles. The van der Waals surface area contributed by atoms with Crippen LogP contribution in [0.5, 0.6) is 0 Å². The van der Waals surface area contributed by atoms with Crippen molar-refractivity contribution in [1.82, 2.24) is 0 Å². The van der Waals surface area contributed by atoms with E-state index in [1.807, 2.05) is 11.3 Å². The first-order valence-electron chi connectivity index (χ1n) is 11.0. The highest BCUT2D eigenvalue weighted by atomic mass is 32.1. The minimum Gasteiger partial charge on any atom is -0.355 e. The van der Waals surface area contributed by atoms with E-state index in [0.717, 1.165) is 28.4 Å². The van der Waals surface area contributed by atoms with Crippen LogP contribution in [0, 0.1) is 0 Å². The Morgan fingerprint density at radius 1 is 0.455 bits per heavy atom. The SMILES string of the molecule is c1ccc(N(c2ccccc2)c2cccc(Nc3ccc4sc5ccccc5c4c3)c2)cc1. The third-order valence-corrected chi connectivity index (χ3v) is 6.95. The van der Waals surface area contributed by atoms with Crippen molar-refractivity contribution < 1.29 is 0 Å². The lowest BCUT2D eigenvalue weighted by Gasteiger charge is -2.26. The molecule has 6 aromatic rings. The number of nitrogens with one attached hydrogen (secondary N) is 1. The van der Waals surface area contributed by atoms with Crippen LogP contribution in [0.4, 0.5) is 28.4 Å². The van der Waals surface area contributed by atoms with E-state index >= 15 is 0 Å². The zero-order valence-electron chi connectivity index (χ0n) is 18.0. The monoisotopic (exact) mass is 442 g/mol. The summed E-state index contributed by atoms with van der Waals surface area (Å²) in [6, 6.07) is 44.8. The summed E-state index contributed by atoms with van der Waals surface area (Å²) in [5, 5.41) is 6.24. The van der Waals surface area contributed by atoms with Crippen LogP contribution in [0.3, 0.4) is 0 Å². The average Bonchev–Trinajstić information content (AvgIpc) is 3.24. The fourth-order valence-electron chi connectivity index (χ4n) is 4.29. The van der Waals surface area contributed by atoms with Gasteiger partial charge in [0.05, 0.1) is 0 Å². The maximum Gasteiger partial charge on any atom is 0.0482 e. The maximum atomic E-state index is 3.63. The van der Waals surface area contributed by atoms with Crippen molar-refractivity contribution in [3.63, 3.8) is 0 Å². The highest BCUT2D eigenvalue weighted by Gasteiger charge is 2.12. The van der Waals surface area contributed by atoms with Crippen LogP contribution >= 0.6 is 11.3 Å². The molecule has 0 aliphatic carbocycles. The molecule has 6 rings (SSSR count). The number of hydrogen-bond donors (Lipinski definition) is 1. The number of anilines is 5. The van der Waals surface area contributed by atoms with E-state index in [2.05, 4.69) is 138 Å². The molecule has 0 fully saturated rings. The smallest absolute Gasteiger partial charge is 0.0482 e. The van der Waals surface area contributed by atoms with Crippen molar-refractivity contribution in [1.29, 1.82) is 0 Å². The van der Waals surface area contributed by atoms with Crippen molar-refractivity contribution in [3.8, 4) is 0 Å². The Balaban J connectivity index is 1.38. The van der Waals surface area contributed by atoms with Crippen molar-refractivity contribution in [2.45, 2.75) is 0 Å². The van der Waals surface area contributed by atoms with Gasteiger partial charge in [0.25, 0.3) is 0 Å². The summed E-state index contributed by atoms with van der Waals surface area (Å²) in [5.74, 6) is 0. The summed E-state index contributed by atoms with van der Waals surface area (Å²) in [6.07, 6.45) is 0. The molecular weight excluding hydrogens is 420 g/mol. The van der Waals surface area contributed by atoms with Crippen molar-refractivity contribution in [2.24, 2.45) is 0 Å². The Morgan fingerprint density at radius 3 is 1.82 bits per heavy atom. The number of fused-ring (bicyclic) bond motifs is 3. The molecule has 0 spiro atoms. The normalized spacial score (nSPS) is 11.0. The van der Waals surface area contributed by atoms with Gasteiger partial charge in [-0.05, 0) is 66.7 Å². The first-order chi connectivity index (χ1) is 16.3. The van der Waals surface area contributed by atoms with E-state index in [0.29, 0.717) is 0 Å². The van der Waals surface area contributed by atoms with Gasteiger partial charge in [0.15, 0.2) is 0 Å². The van der Waals surface area contributed by atoms with Gasteiger partial charge in [0, 0.05) is 48.6 Å². The zero-order chi connectivity index (χ0) is 22.0. The van der Waals surface area contributed by atoms with E-state index in [4.69, 9.17) is 0 Å². The number of hydrogen-bond acceptors (Lipinski definition) is 3. The average molecular weight is 443 g/mol. The Bertz CT molecular complexity index is 1500. The third kappa shape index (κ3) is 3.84. The molecule has 0 aliphatic rings. The number of benzene rings is 5. The van der Waals surface area contributed by atoms with Crippen LogP contribution in [0.15, 0.2) is 127 Å². The first-order valence-corrected chi connectivity index (χ1v) is 11.9. The molecule has 0 unspecified atom stereocenters. The fourth-order valence-corrected chi connectivity index (χ4v) is 5.38. The molecule has 0 saturated heterocycles. The van der Waals surface area contributed by atoms with Crippen molar-refractivity contribution in [2.75, 3.05) is 10.2 Å². The molecule has 1 heterocycles. The van der Waals surface area contributed by atoms with Gasteiger partial charge in [0.2, 0.25) is 0 Å². The van der Waals surface area contributed by atoms with Gasteiger partial charge < -0.3 is 10.2 Å². The molecule has 0 atom stereocenters. The van der Waals surface area contributed by atoms with Gasteiger partial charge in [-0.1, -0.05) is 60.7 Å². The van der Waals surface area contributed by atoms with Gasteiger partial charge in [0.1, 0.15) is 0 Å². The van der Waals surface area contributed by atoms with E-state index in [9.17, 15) is 0 Å². The van der Waals surface area contributed by atoms with Crippen LogP contribution in [0.1, 0.15) is 0 Å². The molecule has 0 radical (unpaired) electrons. The van der Waals surface area contributed by atoms with Gasteiger partial charge in [-0.25, -0.2) is 0 Å². The number of thiophene rings is 1. The second-order valence-corrected chi connectivity index (χ2v) is 9.07. The van der Waals surface area contributed by atoms with E-state index in [1.54, 1.807) is 0 Å². The molecule has 0 aliphatic heterocycles. The summed E-state index contributed by atoms with van der Waals surface area (Å²) < 4.78 is 2.64. The molecule has 3 heteroatoms. The molecule has 0 saturated carbocycles. The lowest BCUT2D eigenvalue weighted by molar-refractivity contribution is 1.28. The van der Waals surface area contributed by atoms with Gasteiger partial charge in [-0.3, -0.25) is 0 Å². The fraction of sp³-hybridized carbons (Fsp3) is 0. The third-order valence-electron chi connectivity index (χ3n) is 5.80. The van der Waals surface area contributed by atoms with Gasteiger partial charge in [-0.15, -0.1) is 11.3 Å².